The molecule has 1 aliphatic rings. The number of benzene rings is 1. The molecule has 1 fully saturated rings. The smallest absolute Gasteiger partial charge is 0.324 e. The van der Waals surface area contributed by atoms with E-state index in [1.165, 1.54) is 16.0 Å². The van der Waals surface area contributed by atoms with E-state index in [2.05, 4.69) is 10.6 Å². The van der Waals surface area contributed by atoms with Gasteiger partial charge >= 0.3 is 6.03 Å². The zero-order valence-electron chi connectivity index (χ0n) is 10.6. The molecular weight excluding hydrogens is 230 g/mol. The average Bonchev–Trinajstić information content (AvgIpc) is 2.77. The Morgan fingerprint density at radius 2 is 2.17 bits per heavy atom. The van der Waals surface area contributed by atoms with Crippen molar-refractivity contribution in [1.82, 2.24) is 10.2 Å². The van der Waals surface area contributed by atoms with Gasteiger partial charge in [0.05, 0.1) is 6.54 Å². The fraction of sp³-hybridized carbons (Fsp3) is 0.385. The molecule has 1 aliphatic heterocycles. The normalized spacial score (nSPS) is 14.6. The van der Waals surface area contributed by atoms with Crippen LogP contribution < -0.4 is 10.6 Å². The number of hydrogen-bond acceptors (Lipinski definition) is 3. The van der Waals surface area contributed by atoms with E-state index in [4.69, 9.17) is 0 Å². The van der Waals surface area contributed by atoms with Crippen molar-refractivity contribution in [1.29, 1.82) is 0 Å². The van der Waals surface area contributed by atoms with Crippen molar-refractivity contribution in [2.24, 2.45) is 0 Å². The maximum Gasteiger partial charge on any atom is 0.324 e. The Morgan fingerprint density at radius 3 is 2.78 bits per heavy atom. The molecule has 2 rings (SSSR count). The van der Waals surface area contributed by atoms with Crippen molar-refractivity contribution >= 4 is 17.6 Å². The summed E-state index contributed by atoms with van der Waals surface area (Å²) < 4.78 is 0. The summed E-state index contributed by atoms with van der Waals surface area (Å²) in [5, 5.41) is 5.64. The fourth-order valence-corrected chi connectivity index (χ4v) is 1.83. The molecule has 0 bridgehead atoms. The van der Waals surface area contributed by atoms with Gasteiger partial charge in [-0.3, -0.25) is 9.69 Å². The van der Waals surface area contributed by atoms with Crippen LogP contribution in [-0.4, -0.2) is 36.5 Å². The lowest BCUT2D eigenvalue weighted by atomic mass is 10.1. The molecule has 3 amide bonds. The summed E-state index contributed by atoms with van der Waals surface area (Å²) in [6.45, 7) is 5.19. The summed E-state index contributed by atoms with van der Waals surface area (Å²) in [5.74, 6) is -0.205. The van der Waals surface area contributed by atoms with Gasteiger partial charge in [0, 0.05) is 18.8 Å². The van der Waals surface area contributed by atoms with Crippen LogP contribution in [0.4, 0.5) is 10.5 Å². The number of hydrogen-bond donors (Lipinski definition) is 2. The van der Waals surface area contributed by atoms with Crippen LogP contribution in [0.1, 0.15) is 11.1 Å². The Morgan fingerprint density at radius 1 is 1.39 bits per heavy atom. The molecule has 0 spiro atoms. The zero-order valence-corrected chi connectivity index (χ0v) is 10.6. The Kier molecular flexibility index (Phi) is 3.50. The molecule has 5 heteroatoms. The number of rotatable bonds is 3. The van der Waals surface area contributed by atoms with Crippen molar-refractivity contribution in [2.75, 3.05) is 25.0 Å². The SMILES string of the molecule is Cc1ccc(NCC(=O)N2CCNC2=O)cc1C. The van der Waals surface area contributed by atoms with Crippen molar-refractivity contribution in [2.45, 2.75) is 13.8 Å². The van der Waals surface area contributed by atoms with Crippen LogP contribution in [0.25, 0.3) is 0 Å². The second kappa shape index (κ2) is 5.08. The molecular formula is C13H17N3O2. The van der Waals surface area contributed by atoms with Crippen LogP contribution in [-0.2, 0) is 4.79 Å². The van der Waals surface area contributed by atoms with E-state index < -0.39 is 0 Å². The first-order valence-corrected chi connectivity index (χ1v) is 5.97. The molecule has 1 aromatic carbocycles. The third kappa shape index (κ3) is 2.61. The van der Waals surface area contributed by atoms with Gasteiger partial charge in [-0.25, -0.2) is 4.79 Å². The first-order chi connectivity index (χ1) is 8.58. The van der Waals surface area contributed by atoms with Gasteiger partial charge < -0.3 is 10.6 Å². The highest BCUT2D eigenvalue weighted by molar-refractivity contribution is 5.97. The molecule has 0 unspecified atom stereocenters. The number of aryl methyl sites for hydroxylation is 2. The Labute approximate surface area is 106 Å². The first kappa shape index (κ1) is 12.4. The van der Waals surface area contributed by atoms with Gasteiger partial charge in [-0.05, 0) is 37.1 Å². The number of nitrogens with zero attached hydrogens (tertiary/aromatic N) is 1. The van der Waals surface area contributed by atoms with Gasteiger partial charge in [0.2, 0.25) is 5.91 Å². The zero-order chi connectivity index (χ0) is 13.1. The standard InChI is InChI=1S/C13H17N3O2/c1-9-3-4-11(7-10(9)2)15-8-12(17)16-6-5-14-13(16)18/h3-4,7,15H,5-6,8H2,1-2H3,(H,14,18). The van der Waals surface area contributed by atoms with E-state index in [-0.39, 0.29) is 18.5 Å². The Bertz CT molecular complexity index is 485. The molecule has 0 atom stereocenters. The summed E-state index contributed by atoms with van der Waals surface area (Å²) in [6, 6.07) is 5.62. The summed E-state index contributed by atoms with van der Waals surface area (Å²) in [7, 11) is 0. The van der Waals surface area contributed by atoms with E-state index in [1.807, 2.05) is 32.0 Å². The molecule has 1 heterocycles. The minimum absolute atomic E-state index is 0.135. The summed E-state index contributed by atoms with van der Waals surface area (Å²) in [4.78, 5) is 24.3. The number of amides is 3. The second-order valence-corrected chi connectivity index (χ2v) is 4.43. The molecule has 2 N–H and O–H groups in total. The van der Waals surface area contributed by atoms with Crippen LogP contribution in [0, 0.1) is 13.8 Å². The largest absolute Gasteiger partial charge is 0.376 e. The number of carbonyl (C=O) groups excluding carboxylic acids is 2. The van der Waals surface area contributed by atoms with Crippen LogP contribution in [0.2, 0.25) is 0 Å². The van der Waals surface area contributed by atoms with Gasteiger partial charge in [-0.15, -0.1) is 0 Å². The van der Waals surface area contributed by atoms with Crippen LogP contribution in [0.15, 0.2) is 18.2 Å². The van der Waals surface area contributed by atoms with Crippen molar-refractivity contribution < 1.29 is 9.59 Å². The summed E-state index contributed by atoms with van der Waals surface area (Å²) in [5.41, 5.74) is 3.28. The molecule has 0 radical (unpaired) electrons. The third-order valence-corrected chi connectivity index (χ3v) is 3.11. The molecule has 0 aliphatic carbocycles. The number of carbonyl (C=O) groups is 2. The van der Waals surface area contributed by atoms with Gasteiger partial charge in [-0.2, -0.15) is 0 Å². The number of urea groups is 1. The predicted octanol–water partition coefficient (Wildman–Crippen LogP) is 1.27. The molecule has 96 valence electrons. The lowest BCUT2D eigenvalue weighted by Gasteiger charge is -2.13. The van der Waals surface area contributed by atoms with Gasteiger partial charge in [0.1, 0.15) is 0 Å². The quantitative estimate of drug-likeness (QED) is 0.845. The summed E-state index contributed by atoms with van der Waals surface area (Å²) >= 11 is 0. The van der Waals surface area contributed by atoms with E-state index in [1.54, 1.807) is 0 Å². The van der Waals surface area contributed by atoms with E-state index in [9.17, 15) is 9.59 Å². The minimum Gasteiger partial charge on any atom is -0.376 e. The van der Waals surface area contributed by atoms with Gasteiger partial charge in [-0.1, -0.05) is 6.07 Å². The highest BCUT2D eigenvalue weighted by Gasteiger charge is 2.25. The van der Waals surface area contributed by atoms with E-state index >= 15 is 0 Å². The molecule has 1 saturated heterocycles. The predicted molar refractivity (Wildman–Crippen MR) is 69.5 cm³/mol. The van der Waals surface area contributed by atoms with Gasteiger partial charge in [0.25, 0.3) is 0 Å². The van der Waals surface area contributed by atoms with Crippen LogP contribution in [0.5, 0.6) is 0 Å². The molecule has 5 nitrogen and oxygen atoms in total. The maximum atomic E-state index is 11.8. The number of anilines is 1. The Balaban J connectivity index is 1.93. The van der Waals surface area contributed by atoms with Crippen molar-refractivity contribution in [3.05, 3.63) is 29.3 Å². The van der Waals surface area contributed by atoms with Crippen molar-refractivity contribution in [3.63, 3.8) is 0 Å². The minimum atomic E-state index is -0.304. The molecule has 18 heavy (non-hydrogen) atoms. The van der Waals surface area contributed by atoms with Crippen LogP contribution in [0.3, 0.4) is 0 Å². The average molecular weight is 247 g/mol. The second-order valence-electron chi connectivity index (χ2n) is 4.43. The monoisotopic (exact) mass is 247 g/mol. The lowest BCUT2D eigenvalue weighted by Crippen LogP contribution is -2.38. The van der Waals surface area contributed by atoms with Crippen molar-refractivity contribution in [3.8, 4) is 0 Å². The third-order valence-electron chi connectivity index (χ3n) is 3.11. The highest BCUT2D eigenvalue weighted by atomic mass is 16.2. The maximum absolute atomic E-state index is 11.8. The molecule has 0 saturated carbocycles. The van der Waals surface area contributed by atoms with E-state index in [0.29, 0.717) is 13.1 Å². The lowest BCUT2D eigenvalue weighted by molar-refractivity contribution is -0.125. The van der Waals surface area contributed by atoms with Crippen LogP contribution >= 0.6 is 0 Å². The number of imide groups is 1. The molecule has 1 aromatic rings. The Hall–Kier alpha value is -2.04. The highest BCUT2D eigenvalue weighted by Crippen LogP contribution is 2.14. The topological polar surface area (TPSA) is 61.4 Å². The molecule has 0 aromatic heterocycles. The number of nitrogens with one attached hydrogen (secondary N) is 2. The first-order valence-electron chi connectivity index (χ1n) is 5.97. The fourth-order valence-electron chi connectivity index (χ4n) is 1.83. The summed E-state index contributed by atoms with van der Waals surface area (Å²) in [6.07, 6.45) is 0. The van der Waals surface area contributed by atoms with Gasteiger partial charge in [0.15, 0.2) is 0 Å². The van der Waals surface area contributed by atoms with E-state index in [0.717, 1.165) is 5.69 Å².